The number of carbonyl (C=O) groups is 2. The van der Waals surface area contributed by atoms with Gasteiger partial charge in [-0.25, -0.2) is 0 Å². The number of carboxylic acids is 1. The molecule has 0 aromatic heterocycles. The molecule has 1 heterocycles. The first-order valence-electron chi connectivity index (χ1n) is 6.27. The topological polar surface area (TPSA) is 66.8 Å². The third kappa shape index (κ3) is 3.24. The van der Waals surface area contributed by atoms with Crippen LogP contribution in [0.1, 0.15) is 12.0 Å². The van der Waals surface area contributed by atoms with Crippen molar-refractivity contribution in [1.82, 2.24) is 4.90 Å². The van der Waals surface area contributed by atoms with Gasteiger partial charge in [0.05, 0.1) is 5.92 Å². The normalized spacial score (nSPS) is 18.4. The largest absolute Gasteiger partial charge is 0.484 e. The molecule has 1 amide bonds. The van der Waals surface area contributed by atoms with E-state index in [1.807, 2.05) is 31.2 Å². The molecule has 0 bridgehead atoms. The highest BCUT2D eigenvalue weighted by molar-refractivity contribution is 5.80. The minimum Gasteiger partial charge on any atom is -0.484 e. The summed E-state index contributed by atoms with van der Waals surface area (Å²) in [7, 11) is 0. The van der Waals surface area contributed by atoms with Crippen LogP contribution in [-0.4, -0.2) is 41.6 Å². The lowest BCUT2D eigenvalue weighted by atomic mass is 10.1. The lowest BCUT2D eigenvalue weighted by Crippen LogP contribution is -2.33. The molecule has 102 valence electrons. The van der Waals surface area contributed by atoms with E-state index in [0.717, 1.165) is 5.56 Å². The molecule has 0 unspecified atom stereocenters. The fourth-order valence-corrected chi connectivity index (χ4v) is 2.14. The molecule has 1 aromatic rings. The highest BCUT2D eigenvalue weighted by atomic mass is 16.5. The quantitative estimate of drug-likeness (QED) is 0.889. The van der Waals surface area contributed by atoms with Crippen molar-refractivity contribution in [3.8, 4) is 5.75 Å². The van der Waals surface area contributed by atoms with Crippen LogP contribution in [0.2, 0.25) is 0 Å². The number of likely N-dealkylation sites (tertiary alicyclic amines) is 1. The number of aryl methyl sites for hydroxylation is 1. The number of nitrogens with zero attached hydrogens (tertiary/aromatic N) is 1. The lowest BCUT2D eigenvalue weighted by molar-refractivity contribution is -0.141. The number of rotatable bonds is 4. The maximum Gasteiger partial charge on any atom is 0.308 e. The van der Waals surface area contributed by atoms with Crippen molar-refractivity contribution in [3.05, 3.63) is 29.8 Å². The molecule has 1 saturated heterocycles. The van der Waals surface area contributed by atoms with Gasteiger partial charge in [-0.1, -0.05) is 18.2 Å². The minimum atomic E-state index is -0.838. The number of hydrogen-bond acceptors (Lipinski definition) is 3. The Hall–Kier alpha value is -2.04. The third-order valence-corrected chi connectivity index (χ3v) is 3.33. The van der Waals surface area contributed by atoms with Crippen LogP contribution in [0.5, 0.6) is 5.75 Å². The molecule has 2 rings (SSSR count). The fraction of sp³-hybridized carbons (Fsp3) is 0.429. The SMILES string of the molecule is Cc1ccccc1OCC(=O)N1CC[C@@H](C(=O)O)C1. The van der Waals surface area contributed by atoms with Crippen LogP contribution in [0.25, 0.3) is 0 Å². The third-order valence-electron chi connectivity index (χ3n) is 3.33. The zero-order valence-corrected chi connectivity index (χ0v) is 10.8. The van der Waals surface area contributed by atoms with Gasteiger partial charge in [-0.05, 0) is 25.0 Å². The Morgan fingerprint density at radius 2 is 2.16 bits per heavy atom. The standard InChI is InChI=1S/C14H17NO4/c1-10-4-2-3-5-12(10)19-9-13(16)15-7-6-11(8-15)14(17)18/h2-5,11H,6-9H2,1H3,(H,17,18)/t11-/m1/s1. The first-order valence-corrected chi connectivity index (χ1v) is 6.27. The Morgan fingerprint density at radius 3 is 2.79 bits per heavy atom. The van der Waals surface area contributed by atoms with Gasteiger partial charge >= 0.3 is 5.97 Å². The van der Waals surface area contributed by atoms with Gasteiger partial charge in [-0.3, -0.25) is 9.59 Å². The van der Waals surface area contributed by atoms with Crippen LogP contribution in [0.15, 0.2) is 24.3 Å². The van der Waals surface area contributed by atoms with E-state index in [9.17, 15) is 9.59 Å². The average Bonchev–Trinajstić information content (AvgIpc) is 2.87. The van der Waals surface area contributed by atoms with Gasteiger partial charge in [0.2, 0.25) is 0 Å². The average molecular weight is 263 g/mol. The second-order valence-electron chi connectivity index (χ2n) is 4.72. The fourth-order valence-electron chi connectivity index (χ4n) is 2.14. The van der Waals surface area contributed by atoms with Gasteiger partial charge < -0.3 is 14.7 Å². The molecule has 0 radical (unpaired) electrons. The Morgan fingerprint density at radius 1 is 1.42 bits per heavy atom. The summed E-state index contributed by atoms with van der Waals surface area (Å²) in [5.41, 5.74) is 0.972. The van der Waals surface area contributed by atoms with Crippen LogP contribution >= 0.6 is 0 Å². The number of hydrogen-bond donors (Lipinski definition) is 1. The monoisotopic (exact) mass is 263 g/mol. The van der Waals surface area contributed by atoms with Gasteiger partial charge in [0.1, 0.15) is 5.75 Å². The molecule has 1 aromatic carbocycles. The van der Waals surface area contributed by atoms with E-state index < -0.39 is 11.9 Å². The van der Waals surface area contributed by atoms with Crippen LogP contribution in [0.3, 0.4) is 0 Å². The number of ether oxygens (including phenoxy) is 1. The van der Waals surface area contributed by atoms with Crippen molar-refractivity contribution in [2.24, 2.45) is 5.92 Å². The molecule has 1 atom stereocenters. The number of carbonyl (C=O) groups excluding carboxylic acids is 1. The van der Waals surface area contributed by atoms with E-state index >= 15 is 0 Å². The summed E-state index contributed by atoms with van der Waals surface area (Å²) >= 11 is 0. The molecular weight excluding hydrogens is 246 g/mol. The van der Waals surface area contributed by atoms with Crippen molar-refractivity contribution in [1.29, 1.82) is 0 Å². The second kappa shape index (κ2) is 5.73. The molecule has 5 nitrogen and oxygen atoms in total. The molecule has 0 aliphatic carbocycles. The predicted molar refractivity (Wildman–Crippen MR) is 69.0 cm³/mol. The zero-order valence-electron chi connectivity index (χ0n) is 10.8. The minimum absolute atomic E-state index is 0.0445. The van der Waals surface area contributed by atoms with E-state index in [4.69, 9.17) is 9.84 Å². The molecular formula is C14H17NO4. The smallest absolute Gasteiger partial charge is 0.308 e. The van der Waals surface area contributed by atoms with Crippen molar-refractivity contribution in [3.63, 3.8) is 0 Å². The van der Waals surface area contributed by atoms with Crippen LogP contribution in [-0.2, 0) is 9.59 Å². The van der Waals surface area contributed by atoms with Crippen molar-refractivity contribution in [2.75, 3.05) is 19.7 Å². The molecule has 0 spiro atoms. The maximum atomic E-state index is 11.9. The van der Waals surface area contributed by atoms with E-state index in [2.05, 4.69) is 0 Å². The van der Waals surface area contributed by atoms with E-state index in [1.165, 1.54) is 0 Å². The lowest BCUT2D eigenvalue weighted by Gasteiger charge is -2.16. The van der Waals surface area contributed by atoms with E-state index in [-0.39, 0.29) is 19.1 Å². The number of amides is 1. The van der Waals surface area contributed by atoms with Crippen molar-refractivity contribution >= 4 is 11.9 Å². The van der Waals surface area contributed by atoms with Gasteiger partial charge in [-0.15, -0.1) is 0 Å². The van der Waals surface area contributed by atoms with Crippen LogP contribution < -0.4 is 4.74 Å². The Kier molecular flexibility index (Phi) is 4.04. The summed E-state index contributed by atoms with van der Waals surface area (Å²) in [5.74, 6) is -0.755. The van der Waals surface area contributed by atoms with Gasteiger partial charge in [-0.2, -0.15) is 0 Å². The number of para-hydroxylation sites is 1. The van der Waals surface area contributed by atoms with Gasteiger partial charge in [0.25, 0.3) is 5.91 Å². The summed E-state index contributed by atoms with van der Waals surface area (Å²) in [5, 5.41) is 8.89. The summed E-state index contributed by atoms with van der Waals surface area (Å²) in [6, 6.07) is 7.48. The van der Waals surface area contributed by atoms with Gasteiger partial charge in [0.15, 0.2) is 6.61 Å². The summed E-state index contributed by atoms with van der Waals surface area (Å²) in [6.07, 6.45) is 0.519. The summed E-state index contributed by atoms with van der Waals surface area (Å²) in [4.78, 5) is 24.3. The molecule has 0 saturated carbocycles. The molecule has 1 aliphatic rings. The van der Waals surface area contributed by atoms with Crippen molar-refractivity contribution < 1.29 is 19.4 Å². The molecule has 1 N–H and O–H groups in total. The van der Waals surface area contributed by atoms with Gasteiger partial charge in [0, 0.05) is 13.1 Å². The van der Waals surface area contributed by atoms with E-state index in [0.29, 0.717) is 18.7 Å². The summed E-state index contributed by atoms with van der Waals surface area (Å²) < 4.78 is 5.47. The first-order chi connectivity index (χ1) is 9.08. The molecule has 1 aliphatic heterocycles. The Bertz CT molecular complexity index is 486. The first kappa shape index (κ1) is 13.4. The summed E-state index contributed by atoms with van der Waals surface area (Å²) in [6.45, 7) is 2.64. The number of aliphatic carboxylic acids is 1. The van der Waals surface area contributed by atoms with Crippen LogP contribution in [0, 0.1) is 12.8 Å². The second-order valence-corrected chi connectivity index (χ2v) is 4.72. The Labute approximate surface area is 111 Å². The zero-order chi connectivity index (χ0) is 13.8. The highest BCUT2D eigenvalue weighted by Gasteiger charge is 2.30. The maximum absolute atomic E-state index is 11.9. The highest BCUT2D eigenvalue weighted by Crippen LogP contribution is 2.18. The molecule has 1 fully saturated rings. The number of benzene rings is 1. The predicted octanol–water partition coefficient (Wildman–Crippen LogP) is 1.31. The van der Waals surface area contributed by atoms with Crippen LogP contribution in [0.4, 0.5) is 0 Å². The van der Waals surface area contributed by atoms with E-state index in [1.54, 1.807) is 4.90 Å². The Balaban J connectivity index is 1.86. The van der Waals surface area contributed by atoms with Crippen molar-refractivity contribution in [2.45, 2.75) is 13.3 Å². The molecule has 19 heavy (non-hydrogen) atoms. The number of carboxylic acid groups (broad SMARTS) is 1. The molecule has 5 heteroatoms.